The fraction of sp³-hybridized carbons (Fsp3) is 0.381. The molecule has 2 unspecified atom stereocenters. The molecule has 0 saturated carbocycles. The summed E-state index contributed by atoms with van der Waals surface area (Å²) in [5.74, 6) is -0.257. The lowest BCUT2D eigenvalue weighted by Gasteiger charge is -2.38. The molecule has 1 amide bonds. The third-order valence-electron chi connectivity index (χ3n) is 5.09. The van der Waals surface area contributed by atoms with Gasteiger partial charge < -0.3 is 10.2 Å². The molecule has 4 nitrogen and oxygen atoms in total. The Hall–Kier alpha value is -2.40. The van der Waals surface area contributed by atoms with Crippen molar-refractivity contribution in [1.29, 1.82) is 0 Å². The monoisotopic (exact) mass is 355 g/mol. The van der Waals surface area contributed by atoms with Crippen LogP contribution in [0.3, 0.4) is 0 Å². The van der Waals surface area contributed by atoms with E-state index in [-0.39, 0.29) is 23.8 Å². The summed E-state index contributed by atoms with van der Waals surface area (Å²) in [5.41, 5.74) is 2.13. The predicted octanol–water partition coefficient (Wildman–Crippen LogP) is 3.21. The summed E-state index contributed by atoms with van der Waals surface area (Å²) in [6.45, 7) is 7.41. The third kappa shape index (κ3) is 4.41. The van der Waals surface area contributed by atoms with Crippen molar-refractivity contribution >= 4 is 11.6 Å². The van der Waals surface area contributed by atoms with Crippen molar-refractivity contribution < 1.29 is 9.18 Å². The van der Waals surface area contributed by atoms with E-state index in [9.17, 15) is 9.18 Å². The van der Waals surface area contributed by atoms with Crippen LogP contribution in [0, 0.1) is 5.82 Å². The molecule has 138 valence electrons. The van der Waals surface area contributed by atoms with Crippen molar-refractivity contribution in [2.24, 2.45) is 0 Å². The van der Waals surface area contributed by atoms with E-state index in [1.165, 1.54) is 17.8 Å². The number of piperazine rings is 1. The van der Waals surface area contributed by atoms with Gasteiger partial charge in [0, 0.05) is 31.9 Å². The number of carbonyl (C=O) groups is 1. The molecule has 3 rings (SSSR count). The number of hydrogen-bond donors (Lipinski definition) is 1. The van der Waals surface area contributed by atoms with E-state index in [4.69, 9.17) is 0 Å². The fourth-order valence-electron chi connectivity index (χ4n) is 3.34. The van der Waals surface area contributed by atoms with Crippen LogP contribution >= 0.6 is 0 Å². The van der Waals surface area contributed by atoms with Crippen LogP contribution in [-0.4, -0.2) is 43.0 Å². The molecule has 0 spiro atoms. The summed E-state index contributed by atoms with van der Waals surface area (Å²) < 4.78 is 13.0. The van der Waals surface area contributed by atoms with Crippen LogP contribution in [-0.2, 0) is 4.79 Å². The first-order valence-electron chi connectivity index (χ1n) is 9.14. The molecule has 1 heterocycles. The van der Waals surface area contributed by atoms with E-state index in [0.29, 0.717) is 0 Å². The summed E-state index contributed by atoms with van der Waals surface area (Å²) in [6.07, 6.45) is 0. The van der Waals surface area contributed by atoms with Crippen molar-refractivity contribution in [2.45, 2.75) is 25.9 Å². The van der Waals surface area contributed by atoms with E-state index >= 15 is 0 Å². The average molecular weight is 355 g/mol. The van der Waals surface area contributed by atoms with Gasteiger partial charge in [0.15, 0.2) is 0 Å². The van der Waals surface area contributed by atoms with Crippen LogP contribution in [0.4, 0.5) is 10.1 Å². The fourth-order valence-corrected chi connectivity index (χ4v) is 3.34. The van der Waals surface area contributed by atoms with E-state index in [1.54, 1.807) is 12.1 Å². The number of carbonyl (C=O) groups excluding carboxylic acids is 1. The Balaban J connectivity index is 1.52. The lowest BCUT2D eigenvalue weighted by atomic mass is 10.1. The van der Waals surface area contributed by atoms with Gasteiger partial charge in [-0.2, -0.15) is 0 Å². The molecule has 26 heavy (non-hydrogen) atoms. The van der Waals surface area contributed by atoms with Gasteiger partial charge in [-0.3, -0.25) is 9.69 Å². The van der Waals surface area contributed by atoms with Crippen molar-refractivity contribution in [3.63, 3.8) is 0 Å². The van der Waals surface area contributed by atoms with Crippen LogP contribution in [0.25, 0.3) is 0 Å². The Kier molecular flexibility index (Phi) is 5.89. The molecule has 0 radical (unpaired) electrons. The first-order chi connectivity index (χ1) is 12.5. The highest BCUT2D eigenvalue weighted by Crippen LogP contribution is 2.17. The number of halogens is 1. The molecule has 2 atom stereocenters. The molecule has 0 bridgehead atoms. The number of benzene rings is 2. The largest absolute Gasteiger partial charge is 0.369 e. The van der Waals surface area contributed by atoms with Crippen LogP contribution in [0.2, 0.25) is 0 Å². The highest BCUT2D eigenvalue weighted by molar-refractivity contribution is 5.81. The standard InChI is InChI=1S/C21H26FN3O/c1-16(18-8-10-19(22)11-9-18)23-21(26)17(2)24-12-14-25(15-13-24)20-6-4-3-5-7-20/h3-11,16-17H,12-15H2,1-2H3,(H,23,26). The molecule has 1 aliphatic rings. The Morgan fingerprint density at radius 2 is 1.58 bits per heavy atom. The van der Waals surface area contributed by atoms with Crippen LogP contribution in [0.15, 0.2) is 54.6 Å². The summed E-state index contributed by atoms with van der Waals surface area (Å²) in [7, 11) is 0. The minimum atomic E-state index is -0.267. The Labute approximate surface area is 154 Å². The number of nitrogens with zero attached hydrogens (tertiary/aromatic N) is 2. The second-order valence-corrected chi connectivity index (χ2v) is 6.82. The van der Waals surface area contributed by atoms with Crippen molar-refractivity contribution in [3.05, 3.63) is 66.0 Å². The quantitative estimate of drug-likeness (QED) is 0.895. The molecule has 1 saturated heterocycles. The number of hydrogen-bond acceptors (Lipinski definition) is 3. The van der Waals surface area contributed by atoms with E-state index in [1.807, 2.05) is 19.9 Å². The van der Waals surface area contributed by atoms with Crippen LogP contribution in [0.1, 0.15) is 25.5 Å². The molecule has 5 heteroatoms. The first kappa shape index (κ1) is 18.4. The van der Waals surface area contributed by atoms with E-state index in [0.717, 1.165) is 31.7 Å². The molecule has 2 aromatic carbocycles. The van der Waals surface area contributed by atoms with Gasteiger partial charge in [-0.1, -0.05) is 30.3 Å². The molecule has 0 aliphatic carbocycles. The molecular weight excluding hydrogens is 329 g/mol. The second-order valence-electron chi connectivity index (χ2n) is 6.82. The molecule has 0 aromatic heterocycles. The predicted molar refractivity (Wildman–Crippen MR) is 103 cm³/mol. The minimum absolute atomic E-state index is 0.00925. The highest BCUT2D eigenvalue weighted by atomic mass is 19.1. The summed E-state index contributed by atoms with van der Waals surface area (Å²) >= 11 is 0. The highest BCUT2D eigenvalue weighted by Gasteiger charge is 2.26. The zero-order valence-corrected chi connectivity index (χ0v) is 15.4. The normalized spacial score (nSPS) is 17.6. The summed E-state index contributed by atoms with van der Waals surface area (Å²) in [4.78, 5) is 17.2. The second kappa shape index (κ2) is 8.32. The van der Waals surface area contributed by atoms with Gasteiger partial charge in [-0.25, -0.2) is 4.39 Å². The summed E-state index contributed by atoms with van der Waals surface area (Å²) in [6, 6.07) is 16.3. The Bertz CT molecular complexity index is 712. The molecule has 1 fully saturated rings. The van der Waals surface area contributed by atoms with Gasteiger partial charge in [0.25, 0.3) is 0 Å². The van der Waals surface area contributed by atoms with Gasteiger partial charge in [-0.05, 0) is 43.7 Å². The van der Waals surface area contributed by atoms with Crippen LogP contribution in [0.5, 0.6) is 0 Å². The number of anilines is 1. The Morgan fingerprint density at radius 1 is 0.962 bits per heavy atom. The lowest BCUT2D eigenvalue weighted by molar-refractivity contribution is -0.126. The molecule has 2 aromatic rings. The maximum Gasteiger partial charge on any atom is 0.237 e. The minimum Gasteiger partial charge on any atom is -0.369 e. The number of rotatable bonds is 5. The van der Waals surface area contributed by atoms with Gasteiger partial charge in [0.1, 0.15) is 5.82 Å². The molecule has 1 N–H and O–H groups in total. The van der Waals surface area contributed by atoms with Crippen molar-refractivity contribution in [3.8, 4) is 0 Å². The van der Waals surface area contributed by atoms with E-state index in [2.05, 4.69) is 39.4 Å². The van der Waals surface area contributed by atoms with Gasteiger partial charge in [-0.15, -0.1) is 0 Å². The van der Waals surface area contributed by atoms with Gasteiger partial charge >= 0.3 is 0 Å². The SMILES string of the molecule is CC(NC(=O)C(C)N1CCN(c2ccccc2)CC1)c1ccc(F)cc1. The van der Waals surface area contributed by atoms with Gasteiger partial charge in [0.05, 0.1) is 12.1 Å². The number of nitrogens with one attached hydrogen (secondary N) is 1. The molecular formula is C21H26FN3O. The smallest absolute Gasteiger partial charge is 0.237 e. The van der Waals surface area contributed by atoms with E-state index < -0.39 is 0 Å². The maximum atomic E-state index is 13.0. The zero-order valence-electron chi connectivity index (χ0n) is 15.4. The lowest BCUT2D eigenvalue weighted by Crippen LogP contribution is -2.54. The third-order valence-corrected chi connectivity index (χ3v) is 5.09. The maximum absolute atomic E-state index is 13.0. The zero-order chi connectivity index (χ0) is 18.5. The summed E-state index contributed by atoms with van der Waals surface area (Å²) in [5, 5.41) is 3.04. The average Bonchev–Trinajstić information content (AvgIpc) is 2.68. The number of amides is 1. The van der Waals surface area contributed by atoms with Crippen LogP contribution < -0.4 is 10.2 Å². The number of para-hydroxylation sites is 1. The Morgan fingerprint density at radius 3 is 2.19 bits per heavy atom. The topological polar surface area (TPSA) is 35.6 Å². The van der Waals surface area contributed by atoms with Crippen molar-refractivity contribution in [1.82, 2.24) is 10.2 Å². The first-order valence-corrected chi connectivity index (χ1v) is 9.14. The van der Waals surface area contributed by atoms with Gasteiger partial charge in [0.2, 0.25) is 5.91 Å². The van der Waals surface area contributed by atoms with Crippen molar-refractivity contribution in [2.75, 3.05) is 31.1 Å². The molecule has 1 aliphatic heterocycles.